The summed E-state index contributed by atoms with van der Waals surface area (Å²) in [4.78, 5) is 23.6. The van der Waals surface area contributed by atoms with Crippen LogP contribution < -0.4 is 5.32 Å². The third-order valence-corrected chi connectivity index (χ3v) is 3.35. The van der Waals surface area contributed by atoms with Gasteiger partial charge in [0.2, 0.25) is 0 Å². The first-order chi connectivity index (χ1) is 10.0. The van der Waals surface area contributed by atoms with Crippen LogP contribution in [0.2, 0.25) is 0 Å². The molecule has 0 aliphatic heterocycles. The summed E-state index contributed by atoms with van der Waals surface area (Å²) in [6, 6.07) is 8.14. The van der Waals surface area contributed by atoms with Gasteiger partial charge in [-0.2, -0.15) is 0 Å². The zero-order valence-electron chi connectivity index (χ0n) is 11.6. The summed E-state index contributed by atoms with van der Waals surface area (Å²) in [5.74, 6) is 0.135. The standard InChI is InChI=1S/C15H14BrNO4/c1-3-20-15(19)10-5-6-12(11(16)8-10)17-14(18)13-7-4-9(2)21-13/h4-8H,3H2,1-2H3,(H,17,18). The van der Waals surface area contributed by atoms with Gasteiger partial charge in [0, 0.05) is 4.47 Å². The van der Waals surface area contributed by atoms with Crippen LogP contribution in [0.4, 0.5) is 5.69 Å². The van der Waals surface area contributed by atoms with Crippen LogP contribution in [-0.2, 0) is 4.74 Å². The lowest BCUT2D eigenvalue weighted by Crippen LogP contribution is -2.12. The SMILES string of the molecule is CCOC(=O)c1ccc(NC(=O)c2ccc(C)o2)c(Br)c1. The van der Waals surface area contributed by atoms with Gasteiger partial charge in [-0.3, -0.25) is 4.79 Å². The smallest absolute Gasteiger partial charge is 0.338 e. The van der Waals surface area contributed by atoms with Gasteiger partial charge in [-0.05, 0) is 60.1 Å². The molecule has 0 bridgehead atoms. The molecular weight excluding hydrogens is 338 g/mol. The minimum Gasteiger partial charge on any atom is -0.462 e. The fraction of sp³-hybridized carbons (Fsp3) is 0.200. The Balaban J connectivity index is 2.14. The summed E-state index contributed by atoms with van der Waals surface area (Å²) >= 11 is 3.32. The molecule has 0 aliphatic rings. The molecule has 1 aromatic carbocycles. The third-order valence-electron chi connectivity index (χ3n) is 2.69. The molecule has 0 saturated heterocycles. The molecule has 0 unspecified atom stereocenters. The predicted molar refractivity (Wildman–Crippen MR) is 81.5 cm³/mol. The van der Waals surface area contributed by atoms with Crippen molar-refractivity contribution in [1.82, 2.24) is 0 Å². The van der Waals surface area contributed by atoms with Crippen LogP contribution in [0, 0.1) is 6.92 Å². The Hall–Kier alpha value is -2.08. The number of halogens is 1. The number of benzene rings is 1. The lowest BCUT2D eigenvalue weighted by Gasteiger charge is -2.08. The number of esters is 1. The van der Waals surface area contributed by atoms with Crippen molar-refractivity contribution in [3.8, 4) is 0 Å². The molecule has 2 rings (SSSR count). The number of carbonyl (C=O) groups is 2. The predicted octanol–water partition coefficient (Wildman–Crippen LogP) is 3.78. The minimum absolute atomic E-state index is 0.230. The maximum absolute atomic E-state index is 12.0. The molecule has 5 nitrogen and oxygen atoms in total. The Kier molecular flexibility index (Phi) is 4.80. The average Bonchev–Trinajstić information content (AvgIpc) is 2.88. The molecule has 1 N–H and O–H groups in total. The number of hydrogen-bond acceptors (Lipinski definition) is 4. The highest BCUT2D eigenvalue weighted by Crippen LogP contribution is 2.25. The normalized spacial score (nSPS) is 10.2. The third kappa shape index (κ3) is 3.72. The first-order valence-electron chi connectivity index (χ1n) is 6.35. The first-order valence-corrected chi connectivity index (χ1v) is 7.15. The molecule has 0 saturated carbocycles. The topological polar surface area (TPSA) is 68.5 Å². The maximum atomic E-state index is 12.0. The molecule has 6 heteroatoms. The number of ether oxygens (including phenoxy) is 1. The molecule has 0 atom stereocenters. The monoisotopic (exact) mass is 351 g/mol. The molecule has 21 heavy (non-hydrogen) atoms. The van der Waals surface area contributed by atoms with Gasteiger partial charge in [0.15, 0.2) is 5.76 Å². The van der Waals surface area contributed by atoms with Crippen molar-refractivity contribution in [1.29, 1.82) is 0 Å². The largest absolute Gasteiger partial charge is 0.462 e. The van der Waals surface area contributed by atoms with E-state index in [4.69, 9.17) is 9.15 Å². The van der Waals surface area contributed by atoms with Crippen LogP contribution in [0.1, 0.15) is 33.6 Å². The molecule has 0 radical (unpaired) electrons. The van der Waals surface area contributed by atoms with E-state index in [1.54, 1.807) is 44.2 Å². The summed E-state index contributed by atoms with van der Waals surface area (Å²) < 4.78 is 10.8. The van der Waals surface area contributed by atoms with Crippen LogP contribution in [0.5, 0.6) is 0 Å². The van der Waals surface area contributed by atoms with Crippen LogP contribution >= 0.6 is 15.9 Å². The van der Waals surface area contributed by atoms with E-state index in [1.165, 1.54) is 0 Å². The van der Waals surface area contributed by atoms with Crippen molar-refractivity contribution >= 4 is 33.5 Å². The summed E-state index contributed by atoms with van der Waals surface area (Å²) in [5.41, 5.74) is 0.956. The van der Waals surface area contributed by atoms with E-state index in [9.17, 15) is 9.59 Å². The van der Waals surface area contributed by atoms with Crippen molar-refractivity contribution in [3.05, 3.63) is 51.9 Å². The van der Waals surface area contributed by atoms with E-state index in [-0.39, 0.29) is 11.7 Å². The van der Waals surface area contributed by atoms with Crippen molar-refractivity contribution in [2.24, 2.45) is 0 Å². The van der Waals surface area contributed by atoms with Crippen molar-refractivity contribution in [2.45, 2.75) is 13.8 Å². The number of hydrogen-bond donors (Lipinski definition) is 1. The highest BCUT2D eigenvalue weighted by atomic mass is 79.9. The zero-order chi connectivity index (χ0) is 15.4. The van der Waals surface area contributed by atoms with Crippen molar-refractivity contribution in [3.63, 3.8) is 0 Å². The quantitative estimate of drug-likeness (QED) is 0.851. The van der Waals surface area contributed by atoms with Crippen molar-refractivity contribution in [2.75, 3.05) is 11.9 Å². The molecule has 0 aliphatic carbocycles. The summed E-state index contributed by atoms with van der Waals surface area (Å²) in [6.07, 6.45) is 0. The van der Waals surface area contributed by atoms with Gasteiger partial charge in [0.05, 0.1) is 17.9 Å². The summed E-state index contributed by atoms with van der Waals surface area (Å²) in [6.45, 7) is 3.82. The van der Waals surface area contributed by atoms with E-state index in [0.717, 1.165) is 0 Å². The molecule has 1 amide bonds. The van der Waals surface area contributed by atoms with E-state index >= 15 is 0 Å². The van der Waals surface area contributed by atoms with E-state index in [0.29, 0.717) is 28.1 Å². The number of rotatable bonds is 4. The Labute approximate surface area is 130 Å². The first kappa shape index (κ1) is 15.3. The fourth-order valence-corrected chi connectivity index (χ4v) is 2.18. The highest BCUT2D eigenvalue weighted by Gasteiger charge is 2.14. The second-order valence-electron chi connectivity index (χ2n) is 4.28. The molecule has 0 fully saturated rings. The van der Waals surface area contributed by atoms with Gasteiger partial charge in [-0.1, -0.05) is 0 Å². The lowest BCUT2D eigenvalue weighted by molar-refractivity contribution is 0.0526. The number of nitrogens with one attached hydrogen (secondary N) is 1. The molecule has 2 aromatic rings. The number of carbonyl (C=O) groups excluding carboxylic acids is 2. The lowest BCUT2D eigenvalue weighted by atomic mass is 10.2. The van der Waals surface area contributed by atoms with E-state index in [2.05, 4.69) is 21.2 Å². The summed E-state index contributed by atoms with van der Waals surface area (Å²) in [5, 5.41) is 2.71. The number of aryl methyl sites for hydroxylation is 1. The Morgan fingerprint density at radius 3 is 2.62 bits per heavy atom. The van der Waals surface area contributed by atoms with Gasteiger partial charge in [0.25, 0.3) is 5.91 Å². The van der Waals surface area contributed by atoms with E-state index in [1.807, 2.05) is 0 Å². The molecule has 110 valence electrons. The highest BCUT2D eigenvalue weighted by molar-refractivity contribution is 9.10. The molecule has 1 heterocycles. The number of amides is 1. The van der Waals surface area contributed by atoms with Crippen LogP contribution in [0.25, 0.3) is 0 Å². The second-order valence-corrected chi connectivity index (χ2v) is 5.13. The van der Waals surface area contributed by atoms with Crippen LogP contribution in [0.15, 0.2) is 39.2 Å². The Morgan fingerprint density at radius 1 is 1.29 bits per heavy atom. The molecule has 0 spiro atoms. The Morgan fingerprint density at radius 2 is 2.05 bits per heavy atom. The fourth-order valence-electron chi connectivity index (χ4n) is 1.70. The van der Waals surface area contributed by atoms with Crippen LogP contribution in [-0.4, -0.2) is 18.5 Å². The second kappa shape index (κ2) is 6.58. The van der Waals surface area contributed by atoms with Gasteiger partial charge in [-0.25, -0.2) is 4.79 Å². The minimum atomic E-state index is -0.405. The van der Waals surface area contributed by atoms with Crippen molar-refractivity contribution < 1.29 is 18.7 Å². The van der Waals surface area contributed by atoms with Gasteiger partial charge in [-0.15, -0.1) is 0 Å². The summed E-state index contributed by atoms with van der Waals surface area (Å²) in [7, 11) is 0. The zero-order valence-corrected chi connectivity index (χ0v) is 13.2. The maximum Gasteiger partial charge on any atom is 0.338 e. The Bertz CT molecular complexity index is 678. The number of anilines is 1. The molecule has 1 aromatic heterocycles. The van der Waals surface area contributed by atoms with Crippen LogP contribution in [0.3, 0.4) is 0 Å². The van der Waals surface area contributed by atoms with E-state index < -0.39 is 5.97 Å². The molecular formula is C15H14BrNO4. The van der Waals surface area contributed by atoms with Gasteiger partial charge >= 0.3 is 5.97 Å². The van der Waals surface area contributed by atoms with Gasteiger partial charge in [0.1, 0.15) is 5.76 Å². The number of furan rings is 1. The average molecular weight is 352 g/mol. The van der Waals surface area contributed by atoms with Gasteiger partial charge < -0.3 is 14.5 Å².